The fourth-order valence-electron chi connectivity index (χ4n) is 4.57. The zero-order chi connectivity index (χ0) is 28.6. The number of unbranched alkanes of at least 4 members (excludes halogenated alkanes) is 2. The van der Waals surface area contributed by atoms with Crippen molar-refractivity contribution in [3.63, 3.8) is 0 Å². The maximum atomic E-state index is 13.0. The van der Waals surface area contributed by atoms with E-state index in [4.69, 9.17) is 34.2 Å². The number of allylic oxidation sites excluding steroid dienone is 1. The van der Waals surface area contributed by atoms with Crippen LogP contribution in [0.4, 0.5) is 0 Å². The van der Waals surface area contributed by atoms with Crippen LogP contribution in [-0.4, -0.2) is 33.9 Å². The molecule has 40 heavy (non-hydrogen) atoms. The zero-order valence-electron chi connectivity index (χ0n) is 23.0. The Balaban J connectivity index is 1.66. The van der Waals surface area contributed by atoms with Crippen LogP contribution in [0.2, 0.25) is 0 Å². The highest BCUT2D eigenvalue weighted by Gasteiger charge is 2.33. The van der Waals surface area contributed by atoms with Gasteiger partial charge in [0.25, 0.3) is 0 Å². The molecule has 0 fully saturated rings. The van der Waals surface area contributed by atoms with Crippen LogP contribution in [0, 0.1) is 11.3 Å². The van der Waals surface area contributed by atoms with Gasteiger partial charge < -0.3 is 34.2 Å². The number of benzene rings is 3. The molecular weight excluding hydrogens is 512 g/mol. The second-order valence-electron chi connectivity index (χ2n) is 9.02. The molecule has 208 valence electrons. The first kappa shape index (κ1) is 28.2. The molecule has 0 aromatic heterocycles. The van der Waals surface area contributed by atoms with Gasteiger partial charge in [-0.3, -0.25) is 0 Å². The number of methoxy groups -OCH3 is 3. The first-order valence-electron chi connectivity index (χ1n) is 12.9. The highest BCUT2D eigenvalue weighted by Crippen LogP contribution is 2.46. The highest BCUT2D eigenvalue weighted by atomic mass is 16.5. The van der Waals surface area contributed by atoms with Gasteiger partial charge in [-0.15, -0.1) is 0 Å². The first-order valence-corrected chi connectivity index (χ1v) is 12.9. The molecule has 0 radical (unpaired) electrons. The summed E-state index contributed by atoms with van der Waals surface area (Å²) < 4.78 is 33.6. The number of nitrogens with zero attached hydrogens (tertiary/aromatic N) is 1. The molecular formula is C31H32N2O7. The molecule has 3 aromatic rings. The Morgan fingerprint density at radius 2 is 1.68 bits per heavy atom. The number of rotatable bonds is 11. The lowest BCUT2D eigenvalue weighted by Crippen LogP contribution is -2.21. The van der Waals surface area contributed by atoms with E-state index in [1.165, 1.54) is 33.5 Å². The topological polar surface area (TPSA) is 122 Å². The summed E-state index contributed by atoms with van der Waals surface area (Å²) in [6, 6.07) is 17.8. The van der Waals surface area contributed by atoms with Crippen LogP contribution in [0.25, 0.3) is 0 Å². The van der Waals surface area contributed by atoms with Gasteiger partial charge in [-0.2, -0.15) is 5.26 Å². The number of carbonyl (C=O) groups is 1. The molecule has 1 aliphatic rings. The van der Waals surface area contributed by atoms with E-state index in [9.17, 15) is 10.1 Å². The van der Waals surface area contributed by atoms with Crippen molar-refractivity contribution in [3.8, 4) is 40.6 Å². The van der Waals surface area contributed by atoms with Crippen LogP contribution in [0.1, 0.15) is 53.6 Å². The summed E-state index contributed by atoms with van der Waals surface area (Å²) in [6.07, 6.45) is 3.08. The van der Waals surface area contributed by atoms with Crippen molar-refractivity contribution in [1.29, 1.82) is 5.26 Å². The minimum Gasteiger partial charge on any atom is -0.493 e. The van der Waals surface area contributed by atoms with Gasteiger partial charge in [0, 0.05) is 17.2 Å². The largest absolute Gasteiger partial charge is 0.493 e. The molecule has 0 spiro atoms. The van der Waals surface area contributed by atoms with Gasteiger partial charge >= 0.3 is 5.97 Å². The Morgan fingerprint density at radius 1 is 0.950 bits per heavy atom. The van der Waals surface area contributed by atoms with Crippen molar-refractivity contribution in [3.05, 3.63) is 82.7 Å². The molecule has 9 heteroatoms. The second-order valence-corrected chi connectivity index (χ2v) is 9.02. The van der Waals surface area contributed by atoms with Crippen LogP contribution in [-0.2, 0) is 0 Å². The van der Waals surface area contributed by atoms with Crippen molar-refractivity contribution in [2.24, 2.45) is 5.73 Å². The van der Waals surface area contributed by atoms with Crippen molar-refractivity contribution in [1.82, 2.24) is 0 Å². The van der Waals surface area contributed by atoms with Gasteiger partial charge in [-0.05, 0) is 30.7 Å². The average molecular weight is 545 g/mol. The maximum absolute atomic E-state index is 13.0. The number of fused-ring (bicyclic) bond motifs is 1. The molecule has 1 heterocycles. The summed E-state index contributed by atoms with van der Waals surface area (Å²) in [4.78, 5) is 13.0. The third-order valence-corrected chi connectivity index (χ3v) is 6.54. The number of para-hydroxylation sites is 1. The predicted octanol–water partition coefficient (Wildman–Crippen LogP) is 5.72. The lowest BCUT2D eigenvalue weighted by Gasteiger charge is -2.28. The van der Waals surface area contributed by atoms with Gasteiger partial charge in [0.05, 0.1) is 39.4 Å². The summed E-state index contributed by atoms with van der Waals surface area (Å²) in [7, 11) is 4.41. The monoisotopic (exact) mass is 544 g/mol. The molecule has 0 saturated carbocycles. The summed E-state index contributed by atoms with van der Waals surface area (Å²) in [6.45, 7) is 2.70. The normalized spacial score (nSPS) is 13.9. The molecule has 0 amide bonds. The third-order valence-electron chi connectivity index (χ3n) is 6.54. The molecule has 0 aliphatic carbocycles. The number of esters is 1. The molecule has 1 aliphatic heterocycles. The number of nitrogens with two attached hydrogens (primary N) is 1. The van der Waals surface area contributed by atoms with Crippen LogP contribution in [0.5, 0.6) is 34.5 Å². The Labute approximate surface area is 233 Å². The molecule has 1 unspecified atom stereocenters. The van der Waals surface area contributed by atoms with E-state index >= 15 is 0 Å². The molecule has 0 saturated heterocycles. The Morgan fingerprint density at radius 3 is 2.33 bits per heavy atom. The fraction of sp³-hybridized carbons (Fsp3) is 0.290. The van der Waals surface area contributed by atoms with Crippen LogP contribution in [0.15, 0.2) is 66.1 Å². The number of hydrogen-bond acceptors (Lipinski definition) is 9. The molecule has 9 nitrogen and oxygen atoms in total. The molecule has 2 N–H and O–H groups in total. The van der Waals surface area contributed by atoms with Gasteiger partial charge in [-0.25, -0.2) is 4.79 Å². The van der Waals surface area contributed by atoms with Crippen molar-refractivity contribution >= 4 is 5.97 Å². The van der Waals surface area contributed by atoms with Gasteiger partial charge in [0.2, 0.25) is 11.6 Å². The van der Waals surface area contributed by atoms with Crippen molar-refractivity contribution in [2.75, 3.05) is 27.9 Å². The predicted molar refractivity (Wildman–Crippen MR) is 148 cm³/mol. The summed E-state index contributed by atoms with van der Waals surface area (Å²) in [5, 5.41) is 9.97. The average Bonchev–Trinajstić information content (AvgIpc) is 2.97. The van der Waals surface area contributed by atoms with E-state index in [0.29, 0.717) is 40.9 Å². The quantitative estimate of drug-likeness (QED) is 0.183. The highest BCUT2D eigenvalue weighted by molar-refractivity contribution is 5.92. The first-order chi connectivity index (χ1) is 19.4. The van der Waals surface area contributed by atoms with E-state index < -0.39 is 11.9 Å². The van der Waals surface area contributed by atoms with E-state index in [0.717, 1.165) is 24.8 Å². The molecule has 4 rings (SSSR count). The molecule has 0 bridgehead atoms. The molecule has 3 aromatic carbocycles. The van der Waals surface area contributed by atoms with Crippen LogP contribution >= 0.6 is 0 Å². The van der Waals surface area contributed by atoms with Gasteiger partial charge in [-0.1, -0.05) is 44.0 Å². The van der Waals surface area contributed by atoms with Crippen molar-refractivity contribution < 1.29 is 33.2 Å². The number of nitriles is 1. The Hall–Kier alpha value is -4.84. The van der Waals surface area contributed by atoms with Crippen LogP contribution < -0.4 is 34.2 Å². The standard InChI is InChI=1S/C31H32N2O7/c1-5-6-9-14-38-24-11-8-7-10-21(24)28-22-13-12-20(17-25(22)40-30(33)23(28)18-32)39-31(34)19-15-26(35-2)29(37-4)27(16-19)36-3/h7-8,10-13,15-17,28H,5-6,9,14,33H2,1-4H3. The van der Waals surface area contributed by atoms with E-state index in [1.807, 2.05) is 24.3 Å². The number of hydrogen-bond donors (Lipinski definition) is 1. The summed E-state index contributed by atoms with van der Waals surface area (Å²) in [5.41, 5.74) is 8.17. The summed E-state index contributed by atoms with van der Waals surface area (Å²) >= 11 is 0. The molecule has 1 atom stereocenters. The number of carbonyl (C=O) groups excluding carboxylic acids is 1. The SMILES string of the molecule is CCCCCOc1ccccc1C1C(C#N)=C(N)Oc2cc(OC(=O)c3cc(OC)c(OC)c(OC)c3)ccc21. The van der Waals surface area contributed by atoms with E-state index in [2.05, 4.69) is 13.0 Å². The minimum atomic E-state index is -0.640. The zero-order valence-corrected chi connectivity index (χ0v) is 23.0. The fourth-order valence-corrected chi connectivity index (χ4v) is 4.57. The smallest absolute Gasteiger partial charge is 0.343 e. The number of ether oxygens (including phenoxy) is 6. The second kappa shape index (κ2) is 12.8. The van der Waals surface area contributed by atoms with Crippen LogP contribution in [0.3, 0.4) is 0 Å². The minimum absolute atomic E-state index is 0.0195. The van der Waals surface area contributed by atoms with Crippen molar-refractivity contribution in [2.45, 2.75) is 32.1 Å². The van der Waals surface area contributed by atoms with E-state index in [1.54, 1.807) is 18.2 Å². The van der Waals surface area contributed by atoms with Gasteiger partial charge in [0.1, 0.15) is 28.9 Å². The van der Waals surface area contributed by atoms with Gasteiger partial charge in [0.15, 0.2) is 11.5 Å². The Kier molecular flexibility index (Phi) is 9.02. The third kappa shape index (κ3) is 5.76. The van der Waals surface area contributed by atoms with E-state index in [-0.39, 0.29) is 22.8 Å². The maximum Gasteiger partial charge on any atom is 0.343 e. The lowest BCUT2D eigenvalue weighted by atomic mass is 9.83. The Bertz CT molecular complexity index is 1430. The summed E-state index contributed by atoms with van der Waals surface area (Å²) in [5.74, 6) is 1.11. The lowest BCUT2D eigenvalue weighted by molar-refractivity contribution is 0.0733.